The maximum atomic E-state index is 12.4. The van der Waals surface area contributed by atoms with Gasteiger partial charge < -0.3 is 0 Å². The molecule has 2 heterocycles. The minimum absolute atomic E-state index is 0.00886. The average molecular weight is 470 g/mol. The van der Waals surface area contributed by atoms with Gasteiger partial charge in [-0.1, -0.05) is 15.9 Å². The van der Waals surface area contributed by atoms with Crippen LogP contribution in [0.5, 0.6) is 0 Å². The summed E-state index contributed by atoms with van der Waals surface area (Å²) < 4.78 is 25.5. The third-order valence-electron chi connectivity index (χ3n) is 3.51. The molecule has 0 aliphatic rings. The van der Waals surface area contributed by atoms with Gasteiger partial charge in [0.2, 0.25) is 15.8 Å². The Labute approximate surface area is 168 Å². The number of halogens is 1. The fraction of sp³-hybridized carbons (Fsp3) is 0.250. The molecule has 0 bridgehead atoms. The number of benzene rings is 1. The molecule has 1 aromatic carbocycles. The van der Waals surface area contributed by atoms with E-state index in [-0.39, 0.29) is 12.3 Å². The third-order valence-corrected chi connectivity index (χ3v) is 5.96. The Morgan fingerprint density at radius 1 is 1.22 bits per heavy atom. The van der Waals surface area contributed by atoms with Gasteiger partial charge in [0.15, 0.2) is 5.78 Å². The topological polar surface area (TPSA) is 107 Å². The lowest BCUT2D eigenvalue weighted by Gasteiger charge is -1.99. The van der Waals surface area contributed by atoms with Crippen LogP contribution in [0.25, 0.3) is 11.4 Å². The quantitative estimate of drug-likeness (QED) is 0.506. The second kappa shape index (κ2) is 8.38. The van der Waals surface area contributed by atoms with E-state index < -0.39 is 10.0 Å². The Hall–Kier alpha value is -1.95. The molecule has 0 atom stereocenters. The molecule has 0 amide bonds. The van der Waals surface area contributed by atoms with Crippen molar-refractivity contribution in [1.29, 1.82) is 0 Å². The highest BCUT2D eigenvalue weighted by atomic mass is 79.9. The van der Waals surface area contributed by atoms with Crippen LogP contribution < -0.4 is 4.72 Å². The van der Waals surface area contributed by atoms with Gasteiger partial charge in [-0.3, -0.25) is 4.79 Å². The van der Waals surface area contributed by atoms with Gasteiger partial charge in [0.1, 0.15) is 6.54 Å². The van der Waals surface area contributed by atoms with E-state index in [1.807, 2.05) is 30.3 Å². The second-order valence-electron chi connectivity index (χ2n) is 5.76. The summed E-state index contributed by atoms with van der Waals surface area (Å²) in [5.41, 5.74) is 0.814. The molecule has 11 heteroatoms. The molecule has 8 nitrogen and oxygen atoms in total. The van der Waals surface area contributed by atoms with Gasteiger partial charge in [-0.05, 0) is 48.0 Å². The van der Waals surface area contributed by atoms with Crippen LogP contribution in [0, 0.1) is 0 Å². The van der Waals surface area contributed by atoms with E-state index in [9.17, 15) is 13.2 Å². The van der Waals surface area contributed by atoms with Crippen molar-refractivity contribution in [2.45, 2.75) is 13.0 Å². The second-order valence-corrected chi connectivity index (χ2v) is 9.67. The molecule has 27 heavy (non-hydrogen) atoms. The van der Waals surface area contributed by atoms with Crippen LogP contribution >= 0.6 is 27.3 Å². The van der Waals surface area contributed by atoms with Crippen LogP contribution in [0.4, 0.5) is 0 Å². The highest BCUT2D eigenvalue weighted by molar-refractivity contribution is 9.10. The van der Waals surface area contributed by atoms with Crippen LogP contribution in [0.2, 0.25) is 0 Å². The molecule has 0 saturated heterocycles. The van der Waals surface area contributed by atoms with Crippen LogP contribution in [0.15, 0.2) is 40.9 Å². The fourth-order valence-corrected chi connectivity index (χ4v) is 3.93. The Morgan fingerprint density at radius 3 is 2.67 bits per heavy atom. The third kappa shape index (κ3) is 5.76. The first-order valence-electron chi connectivity index (χ1n) is 7.90. The standard InChI is InChI=1S/C16H16BrN5O3S2/c1-27(24,25)18-9-8-13-6-7-15(26-13)14(23)10-22-20-16(19-21-22)11-2-4-12(17)5-3-11/h2-7,18H,8-10H2,1H3. The largest absolute Gasteiger partial charge is 0.291 e. The van der Waals surface area contributed by atoms with Crippen molar-refractivity contribution in [2.24, 2.45) is 0 Å². The zero-order valence-electron chi connectivity index (χ0n) is 14.3. The Morgan fingerprint density at radius 2 is 1.96 bits per heavy atom. The number of aromatic nitrogens is 4. The number of rotatable bonds is 8. The summed E-state index contributed by atoms with van der Waals surface area (Å²) in [6, 6.07) is 11.0. The molecule has 0 spiro atoms. The zero-order valence-corrected chi connectivity index (χ0v) is 17.5. The first-order chi connectivity index (χ1) is 12.8. The van der Waals surface area contributed by atoms with Crippen molar-refractivity contribution >= 4 is 43.1 Å². The van der Waals surface area contributed by atoms with E-state index in [1.165, 1.54) is 16.1 Å². The van der Waals surface area contributed by atoms with E-state index in [1.54, 1.807) is 6.07 Å². The summed E-state index contributed by atoms with van der Waals surface area (Å²) >= 11 is 4.71. The summed E-state index contributed by atoms with van der Waals surface area (Å²) in [6.45, 7) is 0.291. The number of carbonyl (C=O) groups is 1. The highest BCUT2D eigenvalue weighted by Gasteiger charge is 2.13. The number of nitrogens with zero attached hydrogens (tertiary/aromatic N) is 4. The minimum atomic E-state index is -3.21. The molecule has 3 aromatic rings. The number of sulfonamides is 1. The summed E-state index contributed by atoms with van der Waals surface area (Å²) in [6.07, 6.45) is 1.64. The van der Waals surface area contributed by atoms with E-state index in [0.29, 0.717) is 23.7 Å². The Kier molecular flexibility index (Phi) is 6.15. The number of hydrogen-bond donors (Lipinski definition) is 1. The number of Topliss-reactive ketones (excluding diaryl/α,β-unsaturated/α-hetero) is 1. The molecular weight excluding hydrogens is 454 g/mol. The van der Waals surface area contributed by atoms with Crippen LogP contribution in [0.1, 0.15) is 14.5 Å². The smallest absolute Gasteiger partial charge is 0.208 e. The number of thiophene rings is 1. The molecule has 142 valence electrons. The number of ketones is 1. The zero-order chi connectivity index (χ0) is 19.4. The molecule has 2 aromatic heterocycles. The average Bonchev–Trinajstić information content (AvgIpc) is 3.24. The lowest BCUT2D eigenvalue weighted by molar-refractivity contribution is 0.0965. The molecular formula is C16H16BrN5O3S2. The van der Waals surface area contributed by atoms with Gasteiger partial charge in [0.25, 0.3) is 0 Å². The van der Waals surface area contributed by atoms with Gasteiger partial charge in [-0.15, -0.1) is 21.5 Å². The minimum Gasteiger partial charge on any atom is -0.291 e. The van der Waals surface area contributed by atoms with Crippen molar-refractivity contribution < 1.29 is 13.2 Å². The maximum Gasteiger partial charge on any atom is 0.208 e. The van der Waals surface area contributed by atoms with Crippen molar-refractivity contribution in [1.82, 2.24) is 24.9 Å². The first-order valence-corrected chi connectivity index (χ1v) is 11.4. The van der Waals surface area contributed by atoms with Crippen LogP contribution in [-0.2, 0) is 23.0 Å². The number of nitrogens with one attached hydrogen (secondary N) is 1. The van der Waals surface area contributed by atoms with Crippen LogP contribution in [0.3, 0.4) is 0 Å². The maximum absolute atomic E-state index is 12.4. The highest BCUT2D eigenvalue weighted by Crippen LogP contribution is 2.19. The van der Waals surface area contributed by atoms with Gasteiger partial charge in [-0.2, -0.15) is 4.80 Å². The van der Waals surface area contributed by atoms with E-state index >= 15 is 0 Å². The van der Waals surface area contributed by atoms with Gasteiger partial charge >= 0.3 is 0 Å². The predicted octanol–water partition coefficient (Wildman–Crippen LogP) is 2.14. The van der Waals surface area contributed by atoms with Crippen molar-refractivity contribution in [2.75, 3.05) is 12.8 Å². The van der Waals surface area contributed by atoms with E-state index in [4.69, 9.17) is 0 Å². The SMILES string of the molecule is CS(=O)(=O)NCCc1ccc(C(=O)Cn2nnc(-c3ccc(Br)cc3)n2)s1. The molecule has 0 aliphatic heterocycles. The van der Waals surface area contributed by atoms with E-state index in [0.717, 1.165) is 21.2 Å². The number of hydrogen-bond acceptors (Lipinski definition) is 7. The first kappa shape index (κ1) is 19.8. The molecule has 0 fully saturated rings. The molecule has 3 rings (SSSR count). The van der Waals surface area contributed by atoms with Crippen molar-refractivity contribution in [3.8, 4) is 11.4 Å². The fourth-order valence-electron chi connectivity index (χ4n) is 2.25. The normalized spacial score (nSPS) is 11.6. The molecule has 0 radical (unpaired) electrons. The lowest BCUT2D eigenvalue weighted by atomic mass is 10.2. The van der Waals surface area contributed by atoms with Gasteiger partial charge in [-0.25, -0.2) is 13.1 Å². The monoisotopic (exact) mass is 469 g/mol. The van der Waals surface area contributed by atoms with Crippen LogP contribution in [-0.4, -0.2) is 47.2 Å². The summed E-state index contributed by atoms with van der Waals surface area (Å²) in [4.78, 5) is 15.2. The Bertz CT molecular complexity index is 1040. The summed E-state index contributed by atoms with van der Waals surface area (Å²) in [7, 11) is -3.21. The van der Waals surface area contributed by atoms with Gasteiger partial charge in [0, 0.05) is 21.5 Å². The summed E-state index contributed by atoms with van der Waals surface area (Å²) in [5.74, 6) is 0.330. The van der Waals surface area contributed by atoms with Gasteiger partial charge in [0.05, 0.1) is 11.1 Å². The molecule has 0 aliphatic carbocycles. The molecule has 0 saturated carbocycles. The number of tetrazole rings is 1. The van der Waals surface area contributed by atoms with Crippen molar-refractivity contribution in [3.63, 3.8) is 0 Å². The Balaban J connectivity index is 1.60. The molecule has 1 N–H and O–H groups in total. The summed E-state index contributed by atoms with van der Waals surface area (Å²) in [5, 5.41) is 12.2. The van der Waals surface area contributed by atoms with E-state index in [2.05, 4.69) is 36.1 Å². The molecule has 0 unspecified atom stereocenters. The predicted molar refractivity (Wildman–Crippen MR) is 106 cm³/mol. The number of carbonyl (C=O) groups excluding carboxylic acids is 1. The lowest BCUT2D eigenvalue weighted by Crippen LogP contribution is -2.24. The van der Waals surface area contributed by atoms with Crippen molar-refractivity contribution in [3.05, 3.63) is 50.6 Å².